The van der Waals surface area contributed by atoms with Crippen LogP contribution >= 0.6 is 0 Å². The normalized spacial score (nSPS) is 36.6. The third kappa shape index (κ3) is 2.26. The molecule has 0 aromatic carbocycles. The van der Waals surface area contributed by atoms with Crippen molar-refractivity contribution in [1.29, 1.82) is 0 Å². The molecule has 0 amide bonds. The lowest BCUT2D eigenvalue weighted by molar-refractivity contribution is 0.177. The molecule has 1 fully saturated rings. The van der Waals surface area contributed by atoms with Crippen molar-refractivity contribution >= 4 is 0 Å². The van der Waals surface area contributed by atoms with Crippen LogP contribution in [0.3, 0.4) is 0 Å². The topological polar surface area (TPSA) is 20.2 Å². The van der Waals surface area contributed by atoms with Crippen LogP contribution in [0.2, 0.25) is 0 Å². The molecule has 3 unspecified atom stereocenters. The van der Waals surface area contributed by atoms with Crippen molar-refractivity contribution in [3.8, 4) is 0 Å². The molecular weight excluding hydrogens is 208 g/mol. The molecule has 3 rings (SSSR count). The van der Waals surface area contributed by atoms with Gasteiger partial charge in [0.2, 0.25) is 0 Å². The highest BCUT2D eigenvalue weighted by Crippen LogP contribution is 2.54. The Labute approximate surface area is 105 Å². The zero-order valence-corrected chi connectivity index (χ0v) is 11.1. The van der Waals surface area contributed by atoms with E-state index in [4.69, 9.17) is 5.11 Å². The summed E-state index contributed by atoms with van der Waals surface area (Å²) in [6.07, 6.45) is 11.8. The maximum Gasteiger partial charge on any atom is 0.0639 e. The first-order chi connectivity index (χ1) is 8.08. The highest BCUT2D eigenvalue weighted by atomic mass is 16.3. The quantitative estimate of drug-likeness (QED) is 0.730. The molecule has 1 heteroatoms. The zero-order chi connectivity index (χ0) is 12.5. The Morgan fingerprint density at radius 2 is 2.29 bits per heavy atom. The summed E-state index contributed by atoms with van der Waals surface area (Å²) in [5.74, 6) is 1.30. The molecule has 3 aliphatic rings. The van der Waals surface area contributed by atoms with E-state index in [1.165, 1.54) is 18.4 Å². The van der Waals surface area contributed by atoms with Gasteiger partial charge in [-0.15, -0.1) is 0 Å². The molecule has 0 saturated heterocycles. The van der Waals surface area contributed by atoms with Crippen LogP contribution in [0.5, 0.6) is 0 Å². The van der Waals surface area contributed by atoms with Gasteiger partial charge < -0.3 is 5.11 Å². The second-order valence-electron chi connectivity index (χ2n) is 5.87. The predicted molar refractivity (Wildman–Crippen MR) is 72.7 cm³/mol. The fourth-order valence-corrected chi connectivity index (χ4v) is 3.33. The molecule has 1 N–H and O–H groups in total. The molecule has 3 aliphatic carbocycles. The number of rotatable bonds is 4. The third-order valence-corrected chi connectivity index (χ3v) is 4.77. The first kappa shape index (κ1) is 12.6. The van der Waals surface area contributed by atoms with Gasteiger partial charge in [-0.2, -0.15) is 0 Å². The molecule has 0 radical (unpaired) electrons. The van der Waals surface area contributed by atoms with Crippen molar-refractivity contribution < 1.29 is 5.11 Å². The summed E-state index contributed by atoms with van der Waals surface area (Å²) in [4.78, 5) is 0. The van der Waals surface area contributed by atoms with Gasteiger partial charge in [0, 0.05) is 0 Å². The Bertz CT molecular complexity index is 364. The highest BCUT2D eigenvalue weighted by molar-refractivity contribution is 5.29. The van der Waals surface area contributed by atoms with E-state index in [-0.39, 0.29) is 12.0 Å². The van der Waals surface area contributed by atoms with Crippen molar-refractivity contribution in [1.82, 2.24) is 0 Å². The van der Waals surface area contributed by atoms with Crippen LogP contribution in [0.1, 0.15) is 39.5 Å². The summed E-state index contributed by atoms with van der Waals surface area (Å²) in [5.41, 5.74) is 2.80. The smallest absolute Gasteiger partial charge is 0.0639 e. The fourth-order valence-electron chi connectivity index (χ4n) is 3.33. The highest BCUT2D eigenvalue weighted by Gasteiger charge is 2.43. The number of hydrogen-bond acceptors (Lipinski definition) is 1. The standard InChI is InChI=1S/C16H24O/c1-12(11-17)5-4-10-16(3)13(2)14-6-8-15(16)9-7-14/h5-6,8,14-15,17H,2,4,7,9-11H2,1,3H3/b12-5+. The SMILES string of the molecule is C=C1C2C=CC(CC2)C1(C)CC/C=C(\C)CO. The second kappa shape index (κ2) is 4.81. The van der Waals surface area contributed by atoms with Crippen LogP contribution in [-0.2, 0) is 0 Å². The first-order valence-electron chi connectivity index (χ1n) is 6.72. The minimum Gasteiger partial charge on any atom is -0.392 e. The van der Waals surface area contributed by atoms with Crippen LogP contribution in [0.15, 0.2) is 36.0 Å². The molecule has 94 valence electrons. The van der Waals surface area contributed by atoms with Gasteiger partial charge in [0.05, 0.1) is 6.61 Å². The molecule has 0 aromatic rings. The van der Waals surface area contributed by atoms with Crippen molar-refractivity contribution in [3.63, 3.8) is 0 Å². The zero-order valence-electron chi connectivity index (χ0n) is 11.1. The van der Waals surface area contributed by atoms with Crippen LogP contribution in [-0.4, -0.2) is 11.7 Å². The lowest BCUT2D eigenvalue weighted by atomic mass is 9.56. The summed E-state index contributed by atoms with van der Waals surface area (Å²) in [5, 5.41) is 9.00. The van der Waals surface area contributed by atoms with Crippen LogP contribution < -0.4 is 0 Å². The summed E-state index contributed by atoms with van der Waals surface area (Å²) >= 11 is 0. The molecule has 0 aromatic heterocycles. The molecule has 2 bridgehead atoms. The first-order valence-corrected chi connectivity index (χ1v) is 6.72. The maximum absolute atomic E-state index is 9.00. The molecule has 0 heterocycles. The Morgan fingerprint density at radius 1 is 1.53 bits per heavy atom. The maximum atomic E-state index is 9.00. The molecule has 17 heavy (non-hydrogen) atoms. The molecule has 0 spiro atoms. The van der Waals surface area contributed by atoms with E-state index in [2.05, 4.69) is 31.7 Å². The molecular formula is C16H24O. The minimum absolute atomic E-state index is 0.184. The van der Waals surface area contributed by atoms with Gasteiger partial charge in [0.1, 0.15) is 0 Å². The van der Waals surface area contributed by atoms with Gasteiger partial charge in [-0.05, 0) is 49.9 Å². The van der Waals surface area contributed by atoms with Gasteiger partial charge in [-0.1, -0.05) is 42.9 Å². The summed E-state index contributed by atoms with van der Waals surface area (Å²) in [7, 11) is 0. The number of aliphatic hydroxyl groups excluding tert-OH is 1. The third-order valence-electron chi connectivity index (χ3n) is 4.77. The number of allylic oxidation sites excluding steroid dienone is 4. The Balaban J connectivity index is 2.04. The van der Waals surface area contributed by atoms with Gasteiger partial charge in [-0.25, -0.2) is 0 Å². The predicted octanol–water partition coefficient (Wildman–Crippen LogP) is 3.86. The Morgan fingerprint density at radius 3 is 2.82 bits per heavy atom. The monoisotopic (exact) mass is 232 g/mol. The van der Waals surface area contributed by atoms with E-state index in [9.17, 15) is 0 Å². The van der Waals surface area contributed by atoms with E-state index >= 15 is 0 Å². The van der Waals surface area contributed by atoms with Crippen LogP contribution in [0.25, 0.3) is 0 Å². The second-order valence-corrected chi connectivity index (χ2v) is 5.87. The largest absolute Gasteiger partial charge is 0.392 e. The average Bonchev–Trinajstić information content (AvgIpc) is 2.36. The van der Waals surface area contributed by atoms with Crippen molar-refractivity contribution in [2.24, 2.45) is 17.3 Å². The summed E-state index contributed by atoms with van der Waals surface area (Å²) in [6.45, 7) is 8.89. The minimum atomic E-state index is 0.184. The van der Waals surface area contributed by atoms with Crippen LogP contribution in [0.4, 0.5) is 0 Å². The average molecular weight is 232 g/mol. The lowest BCUT2D eigenvalue weighted by Crippen LogP contribution is -2.38. The van der Waals surface area contributed by atoms with Crippen LogP contribution in [0, 0.1) is 17.3 Å². The Kier molecular flexibility index (Phi) is 3.58. The van der Waals surface area contributed by atoms with Gasteiger partial charge >= 0.3 is 0 Å². The number of fused-ring (bicyclic) bond motifs is 2. The van der Waals surface area contributed by atoms with Gasteiger partial charge in [0.15, 0.2) is 0 Å². The molecule has 1 nitrogen and oxygen atoms in total. The molecule has 1 saturated carbocycles. The van der Waals surface area contributed by atoms with Gasteiger partial charge in [0.25, 0.3) is 0 Å². The van der Waals surface area contributed by atoms with E-state index in [1.807, 2.05) is 6.92 Å². The van der Waals surface area contributed by atoms with Crippen molar-refractivity contribution in [3.05, 3.63) is 36.0 Å². The summed E-state index contributed by atoms with van der Waals surface area (Å²) < 4.78 is 0. The van der Waals surface area contributed by atoms with E-state index in [0.717, 1.165) is 18.4 Å². The van der Waals surface area contributed by atoms with Crippen molar-refractivity contribution in [2.45, 2.75) is 39.5 Å². The number of hydrogen-bond donors (Lipinski definition) is 1. The lowest BCUT2D eigenvalue weighted by Gasteiger charge is -2.48. The molecule has 0 aliphatic heterocycles. The summed E-state index contributed by atoms with van der Waals surface area (Å²) in [6, 6.07) is 0. The number of aliphatic hydroxyl groups is 1. The molecule has 3 atom stereocenters. The van der Waals surface area contributed by atoms with Crippen molar-refractivity contribution in [2.75, 3.05) is 6.61 Å². The van der Waals surface area contributed by atoms with E-state index in [0.29, 0.717) is 11.8 Å². The van der Waals surface area contributed by atoms with E-state index < -0.39 is 0 Å². The van der Waals surface area contributed by atoms with Gasteiger partial charge in [-0.3, -0.25) is 0 Å². The van der Waals surface area contributed by atoms with E-state index in [1.54, 1.807) is 0 Å². The fraction of sp³-hybridized carbons (Fsp3) is 0.625. The Hall–Kier alpha value is -0.820.